The molecular formula is C18H23N3O3. The quantitative estimate of drug-likeness (QED) is 0.859. The lowest BCUT2D eigenvalue weighted by molar-refractivity contribution is -0.151. The molecular weight excluding hydrogens is 306 g/mol. The van der Waals surface area contributed by atoms with E-state index < -0.39 is 17.4 Å². The third kappa shape index (κ3) is 2.46. The van der Waals surface area contributed by atoms with Gasteiger partial charge in [0.25, 0.3) is 0 Å². The van der Waals surface area contributed by atoms with Crippen molar-refractivity contribution in [3.8, 4) is 0 Å². The van der Waals surface area contributed by atoms with Crippen LogP contribution in [0.2, 0.25) is 0 Å². The zero-order chi connectivity index (χ0) is 17.5. The summed E-state index contributed by atoms with van der Waals surface area (Å²) < 4.78 is 0. The molecule has 128 valence electrons. The lowest BCUT2D eigenvalue weighted by Crippen LogP contribution is -2.68. The summed E-state index contributed by atoms with van der Waals surface area (Å²) in [6.07, 6.45) is 1.93. The SMILES string of the molecule is CCCCN1C(=O)NC(=O)[C@]2(Cc3cc(C)ccc3N(C)C2)C1=O. The zero-order valence-corrected chi connectivity index (χ0v) is 14.4. The molecule has 2 aliphatic rings. The molecule has 1 atom stereocenters. The number of aryl methyl sites for hydroxylation is 1. The first kappa shape index (κ1) is 16.5. The topological polar surface area (TPSA) is 69.7 Å². The van der Waals surface area contributed by atoms with Gasteiger partial charge in [0.2, 0.25) is 11.8 Å². The van der Waals surface area contributed by atoms with Crippen molar-refractivity contribution in [3.63, 3.8) is 0 Å². The molecule has 0 radical (unpaired) electrons. The Morgan fingerprint density at radius 2 is 2.00 bits per heavy atom. The molecule has 0 bridgehead atoms. The number of imide groups is 2. The van der Waals surface area contributed by atoms with Crippen molar-refractivity contribution in [1.82, 2.24) is 10.2 Å². The third-order valence-electron chi connectivity index (χ3n) is 4.94. The Kier molecular flexibility index (Phi) is 4.07. The van der Waals surface area contributed by atoms with E-state index in [0.717, 1.165) is 29.7 Å². The molecule has 0 saturated carbocycles. The highest BCUT2D eigenvalue weighted by molar-refractivity contribution is 6.20. The van der Waals surface area contributed by atoms with E-state index in [1.54, 1.807) is 0 Å². The first-order chi connectivity index (χ1) is 11.4. The number of amides is 4. The summed E-state index contributed by atoms with van der Waals surface area (Å²) in [5.74, 6) is -0.854. The number of carbonyl (C=O) groups is 3. The fourth-order valence-electron chi connectivity index (χ4n) is 3.65. The van der Waals surface area contributed by atoms with E-state index in [0.29, 0.717) is 13.0 Å². The number of hydrogen-bond acceptors (Lipinski definition) is 4. The van der Waals surface area contributed by atoms with E-state index in [4.69, 9.17) is 0 Å². The molecule has 1 N–H and O–H groups in total. The molecule has 4 amide bonds. The van der Waals surface area contributed by atoms with E-state index in [2.05, 4.69) is 5.32 Å². The normalized spacial score (nSPS) is 23.5. The molecule has 24 heavy (non-hydrogen) atoms. The smallest absolute Gasteiger partial charge is 0.330 e. The molecule has 0 aliphatic carbocycles. The van der Waals surface area contributed by atoms with E-state index >= 15 is 0 Å². The van der Waals surface area contributed by atoms with E-state index in [9.17, 15) is 14.4 Å². The van der Waals surface area contributed by atoms with Gasteiger partial charge in [-0.05, 0) is 31.4 Å². The van der Waals surface area contributed by atoms with Gasteiger partial charge in [-0.3, -0.25) is 19.8 Å². The predicted molar refractivity (Wildman–Crippen MR) is 90.7 cm³/mol. The number of nitrogens with zero attached hydrogens (tertiary/aromatic N) is 2. The third-order valence-corrected chi connectivity index (χ3v) is 4.94. The minimum Gasteiger partial charge on any atom is -0.373 e. The van der Waals surface area contributed by atoms with Crippen LogP contribution in [0, 0.1) is 12.3 Å². The number of rotatable bonds is 3. The average Bonchev–Trinajstić information content (AvgIpc) is 2.53. The van der Waals surface area contributed by atoms with Gasteiger partial charge in [0.15, 0.2) is 0 Å². The maximum atomic E-state index is 13.1. The number of fused-ring (bicyclic) bond motifs is 1. The zero-order valence-electron chi connectivity index (χ0n) is 14.4. The molecule has 6 nitrogen and oxygen atoms in total. The van der Waals surface area contributed by atoms with Crippen LogP contribution in [0.1, 0.15) is 30.9 Å². The molecule has 2 heterocycles. The van der Waals surface area contributed by atoms with Gasteiger partial charge in [-0.15, -0.1) is 0 Å². The number of carbonyl (C=O) groups excluding carboxylic acids is 3. The fourth-order valence-corrected chi connectivity index (χ4v) is 3.65. The van der Waals surface area contributed by atoms with Crippen LogP contribution < -0.4 is 10.2 Å². The number of urea groups is 1. The largest absolute Gasteiger partial charge is 0.373 e. The summed E-state index contributed by atoms with van der Waals surface area (Å²) >= 11 is 0. The highest BCUT2D eigenvalue weighted by Gasteiger charge is 2.56. The minimum absolute atomic E-state index is 0.281. The van der Waals surface area contributed by atoms with Crippen LogP contribution in [0.15, 0.2) is 18.2 Å². The van der Waals surface area contributed by atoms with Gasteiger partial charge < -0.3 is 4.90 Å². The summed E-state index contributed by atoms with van der Waals surface area (Å²) in [7, 11) is 1.88. The van der Waals surface area contributed by atoms with Crippen molar-refractivity contribution in [2.24, 2.45) is 5.41 Å². The maximum absolute atomic E-state index is 13.1. The highest BCUT2D eigenvalue weighted by atomic mass is 16.2. The molecule has 6 heteroatoms. The predicted octanol–water partition coefficient (Wildman–Crippen LogP) is 1.85. The standard InChI is InChI=1S/C18H23N3O3/c1-4-5-8-21-16(23)18(15(22)19-17(21)24)10-13-9-12(2)6-7-14(13)20(3)11-18/h6-7,9H,4-5,8,10-11H2,1-3H3,(H,19,22,24)/t18-/m1/s1. The highest BCUT2D eigenvalue weighted by Crippen LogP contribution is 2.39. The Labute approximate surface area is 141 Å². The number of barbiturate groups is 1. The van der Waals surface area contributed by atoms with Gasteiger partial charge >= 0.3 is 6.03 Å². The molecule has 1 spiro atoms. The molecule has 1 aromatic rings. The molecule has 3 rings (SSSR count). The van der Waals surface area contributed by atoms with Gasteiger partial charge in [-0.2, -0.15) is 0 Å². The lowest BCUT2D eigenvalue weighted by atomic mass is 9.74. The molecule has 0 unspecified atom stereocenters. The van der Waals surface area contributed by atoms with Crippen LogP contribution in [0.25, 0.3) is 0 Å². The second-order valence-electron chi connectivity index (χ2n) is 6.82. The van der Waals surface area contributed by atoms with Crippen LogP contribution in [-0.4, -0.2) is 42.9 Å². The number of benzene rings is 1. The van der Waals surface area contributed by atoms with Crippen molar-refractivity contribution >= 4 is 23.5 Å². The van der Waals surface area contributed by atoms with E-state index in [1.165, 1.54) is 4.90 Å². The van der Waals surface area contributed by atoms with Gasteiger partial charge in [-0.1, -0.05) is 31.0 Å². The van der Waals surface area contributed by atoms with Crippen LogP contribution in [0.3, 0.4) is 0 Å². The van der Waals surface area contributed by atoms with Crippen molar-refractivity contribution in [2.75, 3.05) is 25.0 Å². The van der Waals surface area contributed by atoms with Gasteiger partial charge in [0.1, 0.15) is 5.41 Å². The van der Waals surface area contributed by atoms with Crippen LogP contribution in [0.4, 0.5) is 10.5 Å². The fraction of sp³-hybridized carbons (Fsp3) is 0.500. The molecule has 2 aliphatic heterocycles. The second kappa shape index (κ2) is 5.92. The first-order valence-electron chi connectivity index (χ1n) is 8.37. The lowest BCUT2D eigenvalue weighted by Gasteiger charge is -2.45. The van der Waals surface area contributed by atoms with Crippen LogP contribution >= 0.6 is 0 Å². The van der Waals surface area contributed by atoms with Gasteiger partial charge in [0.05, 0.1) is 0 Å². The molecule has 1 aromatic carbocycles. The van der Waals surface area contributed by atoms with Gasteiger partial charge in [-0.25, -0.2) is 4.79 Å². The molecule has 0 aromatic heterocycles. The van der Waals surface area contributed by atoms with Crippen molar-refractivity contribution in [2.45, 2.75) is 33.1 Å². The van der Waals surface area contributed by atoms with Crippen molar-refractivity contribution < 1.29 is 14.4 Å². The van der Waals surface area contributed by atoms with Crippen molar-refractivity contribution in [3.05, 3.63) is 29.3 Å². The summed E-state index contributed by atoms with van der Waals surface area (Å²) in [6.45, 7) is 4.62. The molecule has 1 saturated heterocycles. The maximum Gasteiger partial charge on any atom is 0.330 e. The number of anilines is 1. The summed E-state index contributed by atoms with van der Waals surface area (Å²) in [5.41, 5.74) is 1.86. The van der Waals surface area contributed by atoms with E-state index in [-0.39, 0.29) is 12.5 Å². The van der Waals surface area contributed by atoms with Crippen LogP contribution in [-0.2, 0) is 16.0 Å². The Bertz CT molecular complexity index is 715. The summed E-state index contributed by atoms with van der Waals surface area (Å²) in [6, 6.07) is 5.46. The summed E-state index contributed by atoms with van der Waals surface area (Å²) in [5, 5.41) is 2.40. The minimum atomic E-state index is -1.23. The first-order valence-corrected chi connectivity index (χ1v) is 8.37. The molecule has 1 fully saturated rings. The van der Waals surface area contributed by atoms with Crippen molar-refractivity contribution in [1.29, 1.82) is 0 Å². The second-order valence-corrected chi connectivity index (χ2v) is 6.82. The summed E-state index contributed by atoms with van der Waals surface area (Å²) in [4.78, 5) is 41.0. The van der Waals surface area contributed by atoms with Crippen LogP contribution in [0.5, 0.6) is 0 Å². The van der Waals surface area contributed by atoms with E-state index in [1.807, 2.05) is 44.0 Å². The average molecular weight is 329 g/mol. The Balaban J connectivity index is 2.00. The number of hydrogen-bond donors (Lipinski definition) is 1. The number of unbranched alkanes of at least 4 members (excludes halogenated alkanes) is 1. The van der Waals surface area contributed by atoms with Gasteiger partial charge in [0, 0.05) is 25.8 Å². The monoisotopic (exact) mass is 329 g/mol. The Hall–Kier alpha value is -2.37. The Morgan fingerprint density at radius 3 is 2.71 bits per heavy atom. The Morgan fingerprint density at radius 1 is 1.25 bits per heavy atom. The number of nitrogens with one attached hydrogen (secondary N) is 1.